The van der Waals surface area contributed by atoms with E-state index in [1.54, 1.807) is 32.9 Å². The molecule has 0 radical (unpaired) electrons. The van der Waals surface area contributed by atoms with Crippen molar-refractivity contribution < 1.29 is 34.1 Å². The van der Waals surface area contributed by atoms with Gasteiger partial charge in [0, 0.05) is 11.4 Å². The molecule has 3 rings (SSSR count). The number of phenols is 1. The maximum Gasteiger partial charge on any atom is 0.335 e. The van der Waals surface area contributed by atoms with E-state index in [2.05, 4.69) is 10.6 Å². The van der Waals surface area contributed by atoms with Crippen molar-refractivity contribution in [2.24, 2.45) is 0 Å². The molecule has 1 heterocycles. The number of amides is 3. The van der Waals surface area contributed by atoms with E-state index < -0.39 is 47.4 Å². The summed E-state index contributed by atoms with van der Waals surface area (Å²) in [6, 6.07) is 10.5. The summed E-state index contributed by atoms with van der Waals surface area (Å²) < 4.78 is 5.50. The number of ether oxygens (including phenoxy) is 1. The van der Waals surface area contributed by atoms with Crippen LogP contribution in [0.25, 0.3) is 0 Å². The average molecular weight is 502 g/mol. The van der Waals surface area contributed by atoms with Gasteiger partial charge in [0.2, 0.25) is 5.91 Å². The molecular formula is C24H27N3O7S. The number of carbonyl (C=O) groups is 4. The van der Waals surface area contributed by atoms with Crippen molar-refractivity contribution in [3.05, 3.63) is 59.7 Å². The highest BCUT2D eigenvalue weighted by molar-refractivity contribution is 7.99. The van der Waals surface area contributed by atoms with Crippen molar-refractivity contribution in [3.8, 4) is 5.75 Å². The summed E-state index contributed by atoms with van der Waals surface area (Å²) in [4.78, 5) is 50.9. The smallest absolute Gasteiger partial charge is 0.335 e. The van der Waals surface area contributed by atoms with Crippen LogP contribution in [0.3, 0.4) is 0 Å². The second-order valence-electron chi connectivity index (χ2n) is 8.82. The molecule has 0 bridgehead atoms. The monoisotopic (exact) mass is 501 g/mol. The van der Waals surface area contributed by atoms with Crippen LogP contribution < -0.4 is 10.6 Å². The number of urea groups is 1. The van der Waals surface area contributed by atoms with E-state index >= 15 is 0 Å². The third-order valence-corrected chi connectivity index (χ3v) is 6.21. The highest BCUT2D eigenvalue weighted by Gasteiger charge is 2.44. The summed E-state index contributed by atoms with van der Waals surface area (Å²) in [6.07, 6.45) is 0. The van der Waals surface area contributed by atoms with Crippen LogP contribution in [0.15, 0.2) is 48.5 Å². The Morgan fingerprint density at radius 3 is 2.49 bits per heavy atom. The number of hydrogen-bond acceptors (Lipinski definition) is 7. The van der Waals surface area contributed by atoms with Crippen molar-refractivity contribution in [3.63, 3.8) is 0 Å². The molecule has 0 aliphatic carbocycles. The number of nitrogens with zero attached hydrogens (tertiary/aromatic N) is 1. The second kappa shape index (κ2) is 10.7. The van der Waals surface area contributed by atoms with Crippen molar-refractivity contribution in [1.82, 2.24) is 10.2 Å². The van der Waals surface area contributed by atoms with E-state index in [4.69, 9.17) is 9.84 Å². The molecule has 186 valence electrons. The Balaban J connectivity index is 1.74. The molecular weight excluding hydrogens is 474 g/mol. The number of thioether (sulfide) groups is 1. The number of carboxylic acid groups (broad SMARTS) is 1. The average Bonchev–Trinajstić information content (AvgIpc) is 3.22. The molecule has 0 aromatic heterocycles. The summed E-state index contributed by atoms with van der Waals surface area (Å²) in [6.45, 7) is 4.78. The van der Waals surface area contributed by atoms with Gasteiger partial charge in [-0.2, -0.15) is 0 Å². The van der Waals surface area contributed by atoms with Gasteiger partial charge in [0.05, 0.1) is 12.1 Å². The number of aromatic carboxylic acids is 1. The summed E-state index contributed by atoms with van der Waals surface area (Å²) in [5, 5.41) is 23.3. The maximum absolute atomic E-state index is 13.2. The van der Waals surface area contributed by atoms with E-state index in [1.165, 1.54) is 53.1 Å². The molecule has 4 N–H and O–H groups in total. The summed E-state index contributed by atoms with van der Waals surface area (Å²) in [7, 11) is 0. The lowest BCUT2D eigenvalue weighted by atomic mass is 10.1. The lowest BCUT2D eigenvalue weighted by Gasteiger charge is -2.30. The first-order valence-corrected chi connectivity index (χ1v) is 11.8. The molecule has 3 amide bonds. The number of phenolic OH excluding ortho intramolecular Hbond substituents is 1. The maximum atomic E-state index is 13.2. The Morgan fingerprint density at radius 2 is 1.83 bits per heavy atom. The predicted molar refractivity (Wildman–Crippen MR) is 130 cm³/mol. The van der Waals surface area contributed by atoms with Crippen LogP contribution in [0.1, 0.15) is 42.1 Å². The minimum atomic E-state index is -1.14. The standard InChI is InChI=1S/C24H27N3O7S/c1-24(2,3)34-22(32)18-13-35-20(14-6-5-9-17(28)11-14)27(18)19(29)12-25-23(33)26-16-8-4-7-15(10-16)21(30)31/h4-11,18,20,28H,12-13H2,1-3H3,(H,30,31)(H2,25,26,33)/t18-,20+/m0/s1. The Bertz CT molecular complexity index is 1130. The molecule has 0 saturated carbocycles. The zero-order chi connectivity index (χ0) is 25.8. The number of carboxylic acids is 1. The summed E-state index contributed by atoms with van der Waals surface area (Å²) >= 11 is 1.35. The van der Waals surface area contributed by atoms with Crippen LogP contribution in [-0.2, 0) is 14.3 Å². The van der Waals surface area contributed by atoms with Crippen molar-refractivity contribution in [2.75, 3.05) is 17.6 Å². The Kier molecular flexibility index (Phi) is 7.90. The van der Waals surface area contributed by atoms with Gasteiger partial charge in [0.25, 0.3) is 0 Å². The van der Waals surface area contributed by atoms with Crippen LogP contribution in [0.2, 0.25) is 0 Å². The van der Waals surface area contributed by atoms with Gasteiger partial charge in [-0.25, -0.2) is 14.4 Å². The van der Waals surface area contributed by atoms with Gasteiger partial charge >= 0.3 is 18.0 Å². The number of anilines is 1. The van der Waals surface area contributed by atoms with E-state index in [0.717, 1.165) is 0 Å². The van der Waals surface area contributed by atoms with Gasteiger partial charge < -0.3 is 30.5 Å². The Hall–Kier alpha value is -3.73. The molecule has 1 aliphatic rings. The normalized spacial score (nSPS) is 17.5. The SMILES string of the molecule is CC(C)(C)OC(=O)[C@@H]1CS[C@H](c2cccc(O)c2)N1C(=O)CNC(=O)Nc1cccc(C(=O)O)c1. The van der Waals surface area contributed by atoms with Crippen LogP contribution in [-0.4, -0.2) is 62.9 Å². The number of nitrogens with one attached hydrogen (secondary N) is 2. The lowest BCUT2D eigenvalue weighted by Crippen LogP contribution is -2.49. The fourth-order valence-electron chi connectivity index (χ4n) is 3.45. The minimum Gasteiger partial charge on any atom is -0.508 e. The summed E-state index contributed by atoms with van der Waals surface area (Å²) in [5.74, 6) is -1.90. The van der Waals surface area contributed by atoms with Gasteiger partial charge in [-0.05, 0) is 56.7 Å². The van der Waals surface area contributed by atoms with Gasteiger partial charge in [0.1, 0.15) is 22.8 Å². The Labute approximate surface area is 206 Å². The van der Waals surface area contributed by atoms with E-state index in [0.29, 0.717) is 5.56 Å². The van der Waals surface area contributed by atoms with Crippen molar-refractivity contribution >= 4 is 41.3 Å². The molecule has 1 saturated heterocycles. The predicted octanol–water partition coefficient (Wildman–Crippen LogP) is 3.20. The molecule has 10 nitrogen and oxygen atoms in total. The first-order valence-electron chi connectivity index (χ1n) is 10.8. The first-order chi connectivity index (χ1) is 16.4. The number of carbonyl (C=O) groups excluding carboxylic acids is 3. The number of aromatic hydroxyl groups is 1. The van der Waals surface area contributed by atoms with E-state index in [9.17, 15) is 24.3 Å². The van der Waals surface area contributed by atoms with Crippen molar-refractivity contribution in [1.29, 1.82) is 0 Å². The fourth-order valence-corrected chi connectivity index (χ4v) is 4.88. The fraction of sp³-hybridized carbons (Fsp3) is 0.333. The van der Waals surface area contributed by atoms with Crippen LogP contribution >= 0.6 is 11.8 Å². The molecule has 35 heavy (non-hydrogen) atoms. The molecule has 0 unspecified atom stereocenters. The molecule has 0 spiro atoms. The molecule has 2 atom stereocenters. The van der Waals surface area contributed by atoms with Crippen LogP contribution in [0.4, 0.5) is 10.5 Å². The summed E-state index contributed by atoms with van der Waals surface area (Å²) in [5.41, 5.74) is 0.129. The molecule has 1 fully saturated rings. The van der Waals surface area contributed by atoms with Crippen LogP contribution in [0.5, 0.6) is 5.75 Å². The highest BCUT2D eigenvalue weighted by atomic mass is 32.2. The third kappa shape index (κ3) is 6.89. The quantitative estimate of drug-likeness (QED) is 0.442. The topological polar surface area (TPSA) is 145 Å². The van der Waals surface area contributed by atoms with Gasteiger partial charge in [-0.3, -0.25) is 4.79 Å². The number of benzene rings is 2. The number of hydrogen-bond donors (Lipinski definition) is 4. The van der Waals surface area contributed by atoms with Gasteiger partial charge in [-0.15, -0.1) is 11.8 Å². The largest absolute Gasteiger partial charge is 0.508 e. The lowest BCUT2D eigenvalue weighted by molar-refractivity contribution is -0.163. The van der Waals surface area contributed by atoms with E-state index in [-0.39, 0.29) is 22.8 Å². The molecule has 1 aliphatic heterocycles. The number of rotatable bonds is 6. The zero-order valence-corrected chi connectivity index (χ0v) is 20.3. The molecule has 2 aromatic carbocycles. The van der Waals surface area contributed by atoms with Crippen LogP contribution in [0, 0.1) is 0 Å². The first kappa shape index (κ1) is 25.9. The molecule has 2 aromatic rings. The van der Waals surface area contributed by atoms with Crippen molar-refractivity contribution in [2.45, 2.75) is 37.8 Å². The molecule has 11 heteroatoms. The van der Waals surface area contributed by atoms with Gasteiger partial charge in [-0.1, -0.05) is 18.2 Å². The third-order valence-electron chi connectivity index (χ3n) is 4.89. The van der Waals surface area contributed by atoms with E-state index in [1.807, 2.05) is 0 Å². The highest BCUT2D eigenvalue weighted by Crippen LogP contribution is 2.42. The number of esters is 1. The Morgan fingerprint density at radius 1 is 1.11 bits per heavy atom. The second-order valence-corrected chi connectivity index (χ2v) is 9.94. The van der Waals surface area contributed by atoms with Gasteiger partial charge in [0.15, 0.2) is 0 Å². The minimum absolute atomic E-state index is 0.00197. The zero-order valence-electron chi connectivity index (χ0n) is 19.5.